The highest BCUT2D eigenvalue weighted by Gasteiger charge is 2.35. The van der Waals surface area contributed by atoms with Gasteiger partial charge in [0.1, 0.15) is 0 Å². The zero-order valence-electron chi connectivity index (χ0n) is 18.0. The van der Waals surface area contributed by atoms with Gasteiger partial charge in [-0.15, -0.1) is 0 Å². The van der Waals surface area contributed by atoms with Crippen LogP contribution < -0.4 is 4.90 Å². The Morgan fingerprint density at radius 3 is 1.66 bits per heavy atom. The van der Waals surface area contributed by atoms with Crippen LogP contribution in [0, 0.1) is 22.7 Å². The molecule has 4 aromatic carbocycles. The first-order valence-corrected chi connectivity index (χ1v) is 10.6. The fraction of sp³-hybridized carbons (Fsp3) is 0.103. The van der Waals surface area contributed by atoms with Crippen molar-refractivity contribution in [3.63, 3.8) is 0 Å². The average molecular weight is 412 g/mol. The summed E-state index contributed by atoms with van der Waals surface area (Å²) < 4.78 is 0. The van der Waals surface area contributed by atoms with Crippen molar-refractivity contribution >= 4 is 17.1 Å². The maximum absolute atomic E-state index is 9.21. The van der Waals surface area contributed by atoms with E-state index in [1.165, 1.54) is 22.3 Å². The van der Waals surface area contributed by atoms with Gasteiger partial charge >= 0.3 is 0 Å². The Balaban J connectivity index is 1.68. The number of nitriles is 2. The molecule has 4 aromatic rings. The Hall–Kier alpha value is -4.34. The van der Waals surface area contributed by atoms with Crippen molar-refractivity contribution in [2.45, 2.75) is 19.3 Å². The minimum Gasteiger partial charge on any atom is -0.310 e. The van der Waals surface area contributed by atoms with Crippen molar-refractivity contribution < 1.29 is 0 Å². The molecule has 0 spiro atoms. The summed E-state index contributed by atoms with van der Waals surface area (Å²) in [4.78, 5) is 2.17. The lowest BCUT2D eigenvalue weighted by molar-refractivity contribution is 0.660. The van der Waals surface area contributed by atoms with Gasteiger partial charge in [-0.1, -0.05) is 44.2 Å². The highest BCUT2D eigenvalue weighted by atomic mass is 15.1. The maximum Gasteiger partial charge on any atom is 0.0991 e. The number of hydrogen-bond acceptors (Lipinski definition) is 3. The molecule has 0 atom stereocenters. The van der Waals surface area contributed by atoms with Crippen molar-refractivity contribution in [1.82, 2.24) is 0 Å². The summed E-state index contributed by atoms with van der Waals surface area (Å²) in [7, 11) is 0. The first-order valence-electron chi connectivity index (χ1n) is 10.6. The molecular formula is C29H21N3. The molecule has 0 aromatic heterocycles. The number of anilines is 3. The van der Waals surface area contributed by atoms with Crippen molar-refractivity contribution in [2.24, 2.45) is 0 Å². The van der Waals surface area contributed by atoms with Crippen LogP contribution in [0.4, 0.5) is 17.1 Å². The molecule has 1 aliphatic rings. The Labute approximate surface area is 188 Å². The Kier molecular flexibility index (Phi) is 4.54. The van der Waals surface area contributed by atoms with E-state index >= 15 is 0 Å². The molecule has 1 aliphatic carbocycles. The zero-order valence-corrected chi connectivity index (χ0v) is 18.0. The minimum absolute atomic E-state index is 0.0943. The van der Waals surface area contributed by atoms with Crippen LogP contribution in [0.15, 0.2) is 91.0 Å². The normalized spacial score (nSPS) is 12.9. The van der Waals surface area contributed by atoms with E-state index in [4.69, 9.17) is 0 Å². The first-order chi connectivity index (χ1) is 15.5. The smallest absolute Gasteiger partial charge is 0.0991 e. The van der Waals surface area contributed by atoms with Gasteiger partial charge in [0.25, 0.3) is 0 Å². The van der Waals surface area contributed by atoms with Crippen molar-refractivity contribution in [2.75, 3.05) is 4.90 Å². The molecule has 32 heavy (non-hydrogen) atoms. The van der Waals surface area contributed by atoms with Crippen LogP contribution in [0.25, 0.3) is 11.1 Å². The number of hydrogen-bond donors (Lipinski definition) is 0. The Morgan fingerprint density at radius 2 is 1.09 bits per heavy atom. The highest BCUT2D eigenvalue weighted by Crippen LogP contribution is 2.50. The summed E-state index contributed by atoms with van der Waals surface area (Å²) in [6.45, 7) is 4.55. The molecule has 0 fully saturated rings. The third-order valence-electron chi connectivity index (χ3n) is 6.33. The molecule has 5 rings (SSSR count). The molecule has 0 saturated heterocycles. The van der Waals surface area contributed by atoms with Gasteiger partial charge in [-0.2, -0.15) is 10.5 Å². The molecule has 3 heteroatoms. The molecule has 0 bridgehead atoms. The number of benzene rings is 4. The maximum atomic E-state index is 9.21. The molecular weight excluding hydrogens is 390 g/mol. The molecule has 0 aliphatic heterocycles. The molecule has 0 amide bonds. The van der Waals surface area contributed by atoms with Gasteiger partial charge in [0.2, 0.25) is 0 Å². The van der Waals surface area contributed by atoms with Crippen LogP contribution in [0.3, 0.4) is 0 Å². The summed E-state index contributed by atoms with van der Waals surface area (Å²) in [5, 5.41) is 18.4. The third kappa shape index (κ3) is 3.04. The van der Waals surface area contributed by atoms with Crippen molar-refractivity contribution in [3.8, 4) is 23.3 Å². The number of rotatable bonds is 3. The third-order valence-corrected chi connectivity index (χ3v) is 6.33. The topological polar surface area (TPSA) is 50.8 Å². The molecule has 152 valence electrons. The van der Waals surface area contributed by atoms with E-state index in [0.29, 0.717) is 11.1 Å². The molecule has 0 saturated carbocycles. The fourth-order valence-corrected chi connectivity index (χ4v) is 4.65. The van der Waals surface area contributed by atoms with Crippen LogP contribution >= 0.6 is 0 Å². The van der Waals surface area contributed by atoms with Crippen LogP contribution in [0.5, 0.6) is 0 Å². The average Bonchev–Trinajstić information content (AvgIpc) is 3.07. The van der Waals surface area contributed by atoms with E-state index in [-0.39, 0.29) is 5.41 Å². The van der Waals surface area contributed by atoms with Gasteiger partial charge in [0.15, 0.2) is 0 Å². The van der Waals surface area contributed by atoms with Gasteiger partial charge in [-0.05, 0) is 82.9 Å². The molecule has 0 unspecified atom stereocenters. The summed E-state index contributed by atoms with van der Waals surface area (Å²) in [6, 6.07) is 34.8. The van der Waals surface area contributed by atoms with E-state index in [2.05, 4.69) is 73.4 Å². The number of fused-ring (bicyclic) bond motifs is 3. The lowest BCUT2D eigenvalue weighted by atomic mass is 9.82. The Morgan fingerprint density at radius 1 is 0.594 bits per heavy atom. The SMILES string of the molecule is CC1(C)c2ccccc2-c2ccc(N(c3ccc(C#N)cc3)c3ccc(C#N)cc3)cc21. The highest BCUT2D eigenvalue weighted by molar-refractivity contribution is 5.85. The van der Waals surface area contributed by atoms with Crippen LogP contribution in [-0.2, 0) is 5.41 Å². The van der Waals surface area contributed by atoms with Crippen LogP contribution in [0.1, 0.15) is 36.1 Å². The molecule has 0 N–H and O–H groups in total. The first kappa shape index (κ1) is 19.6. The van der Waals surface area contributed by atoms with Crippen molar-refractivity contribution in [1.29, 1.82) is 10.5 Å². The van der Waals surface area contributed by atoms with Gasteiger partial charge in [0.05, 0.1) is 23.3 Å². The van der Waals surface area contributed by atoms with E-state index < -0.39 is 0 Å². The van der Waals surface area contributed by atoms with Gasteiger partial charge in [-0.25, -0.2) is 0 Å². The second kappa shape index (κ2) is 7.41. The standard InChI is InChI=1S/C29H21N3/c1-29(2)27-6-4-3-5-25(27)26-16-15-24(17-28(26)29)32(22-11-7-20(18-30)8-12-22)23-13-9-21(19-31)10-14-23/h3-17H,1-2H3. The number of nitrogens with zero attached hydrogens (tertiary/aromatic N) is 3. The summed E-state index contributed by atoms with van der Waals surface area (Å²) in [5.74, 6) is 0. The summed E-state index contributed by atoms with van der Waals surface area (Å²) in [6.07, 6.45) is 0. The fourth-order valence-electron chi connectivity index (χ4n) is 4.65. The van der Waals surface area contributed by atoms with Gasteiger partial charge in [0, 0.05) is 22.5 Å². The van der Waals surface area contributed by atoms with E-state index in [0.717, 1.165) is 17.1 Å². The summed E-state index contributed by atoms with van der Waals surface area (Å²) >= 11 is 0. The lowest BCUT2D eigenvalue weighted by Crippen LogP contribution is -2.16. The zero-order chi connectivity index (χ0) is 22.3. The van der Waals surface area contributed by atoms with Crippen LogP contribution in [0.2, 0.25) is 0 Å². The second-order valence-corrected chi connectivity index (χ2v) is 8.55. The molecule has 3 nitrogen and oxygen atoms in total. The van der Waals surface area contributed by atoms with E-state index in [1.54, 1.807) is 0 Å². The lowest BCUT2D eigenvalue weighted by Gasteiger charge is -2.28. The largest absolute Gasteiger partial charge is 0.310 e. The quantitative estimate of drug-likeness (QED) is 0.358. The molecule has 0 radical (unpaired) electrons. The monoisotopic (exact) mass is 411 g/mol. The summed E-state index contributed by atoms with van der Waals surface area (Å²) in [5.41, 5.74) is 9.32. The van der Waals surface area contributed by atoms with E-state index in [1.807, 2.05) is 48.5 Å². The predicted octanol–water partition coefficient (Wildman–Crippen LogP) is 7.21. The van der Waals surface area contributed by atoms with Gasteiger partial charge < -0.3 is 4.90 Å². The molecule has 0 heterocycles. The minimum atomic E-state index is -0.0943. The predicted molar refractivity (Wildman–Crippen MR) is 128 cm³/mol. The van der Waals surface area contributed by atoms with E-state index in [9.17, 15) is 10.5 Å². The van der Waals surface area contributed by atoms with Crippen LogP contribution in [-0.4, -0.2) is 0 Å². The van der Waals surface area contributed by atoms with Gasteiger partial charge in [-0.3, -0.25) is 0 Å². The Bertz CT molecular complexity index is 1340. The van der Waals surface area contributed by atoms with Crippen molar-refractivity contribution in [3.05, 3.63) is 113 Å². The second-order valence-electron chi connectivity index (χ2n) is 8.55.